The summed E-state index contributed by atoms with van der Waals surface area (Å²) in [7, 11) is 1.88. The van der Waals surface area contributed by atoms with Gasteiger partial charge in [0.25, 0.3) is 0 Å². The van der Waals surface area contributed by atoms with Crippen molar-refractivity contribution in [1.82, 2.24) is 0 Å². The van der Waals surface area contributed by atoms with Crippen molar-refractivity contribution in [3.05, 3.63) is 22.7 Å². The van der Waals surface area contributed by atoms with Gasteiger partial charge in [-0.3, -0.25) is 0 Å². The SMILES string of the molecule is CCOC(=O)c1cc(N)cc(Cl)c1N(C)CC1CC(O)C1. The van der Waals surface area contributed by atoms with Crippen LogP contribution in [-0.4, -0.2) is 37.4 Å². The van der Waals surface area contributed by atoms with Crippen LogP contribution in [0.25, 0.3) is 0 Å². The summed E-state index contributed by atoms with van der Waals surface area (Å²) in [4.78, 5) is 14.0. The van der Waals surface area contributed by atoms with Gasteiger partial charge >= 0.3 is 5.97 Å². The Hall–Kier alpha value is -1.46. The Morgan fingerprint density at radius 1 is 1.52 bits per heavy atom. The molecule has 5 nitrogen and oxygen atoms in total. The Labute approximate surface area is 129 Å². The summed E-state index contributed by atoms with van der Waals surface area (Å²) in [6, 6.07) is 3.22. The number of aliphatic hydroxyl groups is 1. The van der Waals surface area contributed by atoms with Crippen LogP contribution in [0.1, 0.15) is 30.1 Å². The number of anilines is 2. The Morgan fingerprint density at radius 2 is 2.19 bits per heavy atom. The predicted octanol–water partition coefficient (Wildman–Crippen LogP) is 2.31. The molecule has 1 aromatic carbocycles. The molecule has 1 aromatic rings. The van der Waals surface area contributed by atoms with E-state index in [1.54, 1.807) is 19.1 Å². The first-order valence-electron chi connectivity index (χ1n) is 7.07. The summed E-state index contributed by atoms with van der Waals surface area (Å²) in [6.45, 7) is 2.78. The summed E-state index contributed by atoms with van der Waals surface area (Å²) in [5.74, 6) is -0.0177. The van der Waals surface area contributed by atoms with Crippen LogP contribution in [0.5, 0.6) is 0 Å². The van der Waals surface area contributed by atoms with Gasteiger partial charge in [0, 0.05) is 19.3 Å². The van der Waals surface area contributed by atoms with Crippen LogP contribution < -0.4 is 10.6 Å². The zero-order valence-electron chi connectivity index (χ0n) is 12.3. The van der Waals surface area contributed by atoms with Gasteiger partial charge in [0.15, 0.2) is 0 Å². The van der Waals surface area contributed by atoms with Crippen molar-refractivity contribution in [2.75, 3.05) is 30.8 Å². The van der Waals surface area contributed by atoms with Crippen molar-refractivity contribution in [3.63, 3.8) is 0 Å². The smallest absolute Gasteiger partial charge is 0.340 e. The Morgan fingerprint density at radius 3 is 2.76 bits per heavy atom. The van der Waals surface area contributed by atoms with Gasteiger partial charge in [-0.15, -0.1) is 0 Å². The van der Waals surface area contributed by atoms with E-state index in [4.69, 9.17) is 22.1 Å². The van der Waals surface area contributed by atoms with Gasteiger partial charge in [-0.05, 0) is 37.8 Å². The van der Waals surface area contributed by atoms with Crippen molar-refractivity contribution in [1.29, 1.82) is 0 Å². The second-order valence-corrected chi connectivity index (χ2v) is 5.90. The molecule has 0 spiro atoms. The highest BCUT2D eigenvalue weighted by molar-refractivity contribution is 6.34. The Kier molecular flexibility index (Phi) is 4.96. The number of benzene rings is 1. The number of aliphatic hydroxyl groups excluding tert-OH is 1. The van der Waals surface area contributed by atoms with E-state index >= 15 is 0 Å². The fourth-order valence-corrected chi connectivity index (χ4v) is 3.07. The summed E-state index contributed by atoms with van der Waals surface area (Å²) in [6.07, 6.45) is 1.37. The molecule has 0 atom stereocenters. The number of nitrogen functional groups attached to an aromatic ring is 1. The summed E-state index contributed by atoms with van der Waals surface area (Å²) in [5.41, 5.74) is 7.21. The van der Waals surface area contributed by atoms with Gasteiger partial charge in [-0.25, -0.2) is 4.79 Å². The summed E-state index contributed by atoms with van der Waals surface area (Å²) >= 11 is 6.27. The second-order valence-electron chi connectivity index (χ2n) is 5.49. The number of carbonyl (C=O) groups excluding carboxylic acids is 1. The molecule has 21 heavy (non-hydrogen) atoms. The Balaban J connectivity index is 2.25. The molecule has 1 fully saturated rings. The van der Waals surface area contributed by atoms with Crippen molar-refractivity contribution in [2.24, 2.45) is 5.92 Å². The fraction of sp³-hybridized carbons (Fsp3) is 0.533. The zero-order valence-corrected chi connectivity index (χ0v) is 13.1. The van der Waals surface area contributed by atoms with Crippen molar-refractivity contribution in [2.45, 2.75) is 25.9 Å². The number of ether oxygens (including phenoxy) is 1. The first kappa shape index (κ1) is 15.9. The maximum absolute atomic E-state index is 12.1. The van der Waals surface area contributed by atoms with Crippen LogP contribution in [0.4, 0.5) is 11.4 Å². The van der Waals surface area contributed by atoms with Crippen molar-refractivity contribution < 1.29 is 14.6 Å². The normalized spacial score (nSPS) is 20.8. The maximum Gasteiger partial charge on any atom is 0.340 e. The van der Waals surface area contributed by atoms with E-state index < -0.39 is 5.97 Å². The number of hydrogen-bond donors (Lipinski definition) is 2. The molecule has 2 rings (SSSR count). The van der Waals surface area contributed by atoms with Crippen LogP contribution in [0.15, 0.2) is 12.1 Å². The van der Waals surface area contributed by atoms with Gasteiger partial charge in [-0.2, -0.15) is 0 Å². The minimum Gasteiger partial charge on any atom is -0.462 e. The molecule has 0 saturated heterocycles. The average molecular weight is 313 g/mol. The minimum absolute atomic E-state index is 0.199. The van der Waals surface area contributed by atoms with Gasteiger partial charge in [0.2, 0.25) is 0 Å². The number of hydrogen-bond acceptors (Lipinski definition) is 5. The predicted molar refractivity (Wildman–Crippen MR) is 83.8 cm³/mol. The molecule has 0 aromatic heterocycles. The van der Waals surface area contributed by atoms with E-state index in [1.165, 1.54) is 0 Å². The second kappa shape index (κ2) is 6.54. The lowest BCUT2D eigenvalue weighted by atomic mass is 9.82. The number of nitrogens with zero attached hydrogens (tertiary/aromatic N) is 1. The molecular formula is C15H21ClN2O3. The lowest BCUT2D eigenvalue weighted by Crippen LogP contribution is -2.37. The molecule has 1 aliphatic rings. The molecule has 116 valence electrons. The molecule has 0 aliphatic heterocycles. The molecule has 1 saturated carbocycles. The number of esters is 1. The highest BCUT2D eigenvalue weighted by Crippen LogP contribution is 2.35. The molecule has 0 radical (unpaired) electrons. The lowest BCUT2D eigenvalue weighted by Gasteiger charge is -2.36. The highest BCUT2D eigenvalue weighted by Gasteiger charge is 2.29. The third-order valence-electron chi connectivity index (χ3n) is 3.71. The average Bonchev–Trinajstić information content (AvgIpc) is 2.36. The molecule has 3 N–H and O–H groups in total. The van der Waals surface area contributed by atoms with Gasteiger partial charge in [-0.1, -0.05) is 11.6 Å². The lowest BCUT2D eigenvalue weighted by molar-refractivity contribution is 0.0460. The monoisotopic (exact) mass is 312 g/mol. The zero-order chi connectivity index (χ0) is 15.6. The topological polar surface area (TPSA) is 75.8 Å². The summed E-state index contributed by atoms with van der Waals surface area (Å²) in [5, 5.41) is 9.80. The summed E-state index contributed by atoms with van der Waals surface area (Å²) < 4.78 is 5.07. The van der Waals surface area contributed by atoms with E-state index in [-0.39, 0.29) is 6.10 Å². The van der Waals surface area contributed by atoms with Gasteiger partial charge < -0.3 is 20.5 Å². The largest absolute Gasteiger partial charge is 0.462 e. The van der Waals surface area contributed by atoms with E-state index in [0.29, 0.717) is 34.5 Å². The first-order valence-corrected chi connectivity index (χ1v) is 7.45. The Bertz CT molecular complexity index is 530. The number of rotatable bonds is 5. The van der Waals surface area contributed by atoms with Crippen molar-refractivity contribution in [3.8, 4) is 0 Å². The van der Waals surface area contributed by atoms with E-state index in [9.17, 15) is 9.90 Å². The standard InChI is InChI=1S/C15H21ClN2O3/c1-3-21-15(20)12-6-10(17)7-13(16)14(12)18(2)8-9-4-11(19)5-9/h6-7,9,11,19H,3-5,8,17H2,1-2H3. The molecule has 0 unspecified atom stereocenters. The molecule has 1 aliphatic carbocycles. The molecule has 0 amide bonds. The van der Waals surface area contributed by atoms with Crippen molar-refractivity contribution >= 4 is 28.9 Å². The van der Waals surface area contributed by atoms with Crippen LogP contribution in [0, 0.1) is 5.92 Å². The van der Waals surface area contributed by atoms with Crippen LogP contribution in [0.3, 0.4) is 0 Å². The number of halogens is 1. The maximum atomic E-state index is 12.1. The third-order valence-corrected chi connectivity index (χ3v) is 3.99. The molecule has 0 heterocycles. The minimum atomic E-state index is -0.429. The van der Waals surface area contributed by atoms with Gasteiger partial charge in [0.1, 0.15) is 0 Å². The third kappa shape index (κ3) is 3.60. The van der Waals surface area contributed by atoms with E-state index in [1.807, 2.05) is 11.9 Å². The molecule has 0 bridgehead atoms. The molecular weight excluding hydrogens is 292 g/mol. The van der Waals surface area contributed by atoms with E-state index in [0.717, 1.165) is 19.4 Å². The highest BCUT2D eigenvalue weighted by atomic mass is 35.5. The first-order chi connectivity index (χ1) is 9.92. The fourth-order valence-electron chi connectivity index (χ4n) is 2.70. The molecule has 6 heteroatoms. The number of carbonyl (C=O) groups is 1. The van der Waals surface area contributed by atoms with Crippen LogP contribution in [-0.2, 0) is 4.74 Å². The quantitative estimate of drug-likeness (QED) is 0.644. The van der Waals surface area contributed by atoms with Crippen LogP contribution >= 0.6 is 11.6 Å². The van der Waals surface area contributed by atoms with E-state index in [2.05, 4.69) is 0 Å². The van der Waals surface area contributed by atoms with Gasteiger partial charge in [0.05, 0.1) is 29.0 Å². The number of nitrogens with two attached hydrogens (primary N) is 1. The van der Waals surface area contributed by atoms with Crippen LogP contribution in [0.2, 0.25) is 5.02 Å².